The molecule has 1 aromatic carbocycles. The molecule has 0 bridgehead atoms. The predicted molar refractivity (Wildman–Crippen MR) is 57.8 cm³/mol. The van der Waals surface area contributed by atoms with Crippen LogP contribution in [0.4, 0.5) is 0 Å². The number of ether oxygens (including phenoxy) is 1. The highest BCUT2D eigenvalue weighted by Gasteiger charge is 2.19. The van der Waals surface area contributed by atoms with Gasteiger partial charge in [0.2, 0.25) is 0 Å². The molecule has 1 aliphatic rings. The van der Waals surface area contributed by atoms with Gasteiger partial charge in [-0.25, -0.2) is 8.42 Å². The number of rotatable bonds is 3. The first-order valence-corrected chi connectivity index (χ1v) is 6.91. The fourth-order valence-corrected chi connectivity index (χ4v) is 2.08. The molecule has 1 aromatic rings. The van der Waals surface area contributed by atoms with E-state index in [4.69, 9.17) is 4.74 Å². The fourth-order valence-electron chi connectivity index (χ4n) is 1.45. The van der Waals surface area contributed by atoms with Gasteiger partial charge in [-0.1, -0.05) is 0 Å². The molecule has 0 spiro atoms. The van der Waals surface area contributed by atoms with E-state index in [1.54, 1.807) is 24.3 Å². The van der Waals surface area contributed by atoms with Gasteiger partial charge in [-0.2, -0.15) is 0 Å². The number of sulfone groups is 1. The highest BCUT2D eigenvalue weighted by molar-refractivity contribution is 7.90. The summed E-state index contributed by atoms with van der Waals surface area (Å²) in [5.74, 6) is 0.757. The third-order valence-corrected chi connectivity index (χ3v) is 3.74. The molecule has 0 radical (unpaired) electrons. The van der Waals surface area contributed by atoms with E-state index in [1.807, 2.05) is 0 Å². The predicted octanol–water partition coefficient (Wildman–Crippen LogP) is 2.02. The van der Waals surface area contributed by atoms with Crippen LogP contribution in [0.25, 0.3) is 0 Å². The Balaban J connectivity index is 2.09. The molecule has 15 heavy (non-hydrogen) atoms. The molecule has 0 amide bonds. The smallest absolute Gasteiger partial charge is 0.175 e. The summed E-state index contributed by atoms with van der Waals surface area (Å²) in [6.07, 6.45) is 4.97. The Labute approximate surface area is 90.0 Å². The van der Waals surface area contributed by atoms with Crippen molar-refractivity contribution in [1.29, 1.82) is 0 Å². The quantitative estimate of drug-likeness (QED) is 0.792. The maximum atomic E-state index is 11.2. The van der Waals surface area contributed by atoms with Crippen molar-refractivity contribution in [1.82, 2.24) is 0 Å². The lowest BCUT2D eigenvalue weighted by Gasteiger charge is -2.26. The van der Waals surface area contributed by atoms with Gasteiger partial charge in [-0.05, 0) is 43.5 Å². The van der Waals surface area contributed by atoms with Crippen LogP contribution in [0.5, 0.6) is 5.75 Å². The lowest BCUT2D eigenvalue weighted by atomic mass is 9.96. The molecule has 0 saturated heterocycles. The van der Waals surface area contributed by atoms with Crippen LogP contribution in [-0.2, 0) is 9.84 Å². The number of benzene rings is 1. The largest absolute Gasteiger partial charge is 0.490 e. The van der Waals surface area contributed by atoms with Gasteiger partial charge in [0.25, 0.3) is 0 Å². The number of hydrogen-bond donors (Lipinski definition) is 0. The lowest BCUT2D eigenvalue weighted by Crippen LogP contribution is -2.24. The Morgan fingerprint density at radius 1 is 1.20 bits per heavy atom. The standard InChI is InChI=1S/C11H14O3S/c1-15(12,13)11-7-5-10(6-8-11)14-9-3-2-4-9/h5-9H,2-4H2,1H3. The van der Waals surface area contributed by atoms with E-state index >= 15 is 0 Å². The van der Waals surface area contributed by atoms with Crippen molar-refractivity contribution in [2.24, 2.45) is 0 Å². The van der Waals surface area contributed by atoms with Gasteiger partial charge in [-0.15, -0.1) is 0 Å². The Hall–Kier alpha value is -1.03. The Morgan fingerprint density at radius 2 is 1.80 bits per heavy atom. The van der Waals surface area contributed by atoms with Crippen LogP contribution in [0.3, 0.4) is 0 Å². The molecule has 82 valence electrons. The maximum absolute atomic E-state index is 11.2. The van der Waals surface area contributed by atoms with E-state index in [1.165, 1.54) is 12.7 Å². The average Bonchev–Trinajstić information content (AvgIpc) is 2.11. The molecular weight excluding hydrogens is 212 g/mol. The van der Waals surface area contributed by atoms with Gasteiger partial charge in [0, 0.05) is 6.26 Å². The molecule has 0 aromatic heterocycles. The van der Waals surface area contributed by atoms with Gasteiger partial charge >= 0.3 is 0 Å². The molecule has 2 rings (SSSR count). The van der Waals surface area contributed by atoms with Crippen molar-refractivity contribution in [2.75, 3.05) is 6.26 Å². The van der Waals surface area contributed by atoms with Crippen molar-refractivity contribution in [3.63, 3.8) is 0 Å². The van der Waals surface area contributed by atoms with Crippen molar-refractivity contribution in [3.8, 4) is 5.75 Å². The summed E-state index contributed by atoms with van der Waals surface area (Å²) in [7, 11) is -3.10. The zero-order valence-electron chi connectivity index (χ0n) is 8.64. The van der Waals surface area contributed by atoms with Gasteiger partial charge in [0.15, 0.2) is 9.84 Å². The van der Waals surface area contributed by atoms with E-state index in [2.05, 4.69) is 0 Å². The normalized spacial score (nSPS) is 17.1. The lowest BCUT2D eigenvalue weighted by molar-refractivity contribution is 0.120. The third kappa shape index (κ3) is 2.50. The third-order valence-electron chi connectivity index (χ3n) is 2.61. The number of hydrogen-bond acceptors (Lipinski definition) is 3. The average molecular weight is 226 g/mol. The van der Waals surface area contributed by atoms with Crippen LogP contribution in [0.2, 0.25) is 0 Å². The molecule has 0 atom stereocenters. The minimum atomic E-state index is -3.10. The van der Waals surface area contributed by atoms with Gasteiger partial charge in [-0.3, -0.25) is 0 Å². The van der Waals surface area contributed by atoms with Crippen LogP contribution >= 0.6 is 0 Å². The Bertz CT molecular complexity index is 429. The zero-order chi connectivity index (χ0) is 10.9. The second kappa shape index (κ2) is 3.85. The van der Waals surface area contributed by atoms with E-state index in [-0.39, 0.29) is 0 Å². The molecule has 3 nitrogen and oxygen atoms in total. The Morgan fingerprint density at radius 3 is 2.20 bits per heavy atom. The SMILES string of the molecule is CS(=O)(=O)c1ccc(OC2CCC2)cc1. The molecule has 0 heterocycles. The van der Waals surface area contributed by atoms with Gasteiger partial charge in [0.1, 0.15) is 5.75 Å². The molecule has 1 saturated carbocycles. The summed E-state index contributed by atoms with van der Waals surface area (Å²) in [6.45, 7) is 0. The van der Waals surface area contributed by atoms with E-state index in [0.29, 0.717) is 11.0 Å². The van der Waals surface area contributed by atoms with Crippen molar-refractivity contribution in [3.05, 3.63) is 24.3 Å². The zero-order valence-corrected chi connectivity index (χ0v) is 9.46. The molecule has 1 aliphatic carbocycles. The first kappa shape index (κ1) is 10.5. The summed E-state index contributed by atoms with van der Waals surface area (Å²) in [6, 6.07) is 6.61. The minimum absolute atomic E-state index is 0.328. The first-order chi connectivity index (χ1) is 7.05. The second-order valence-corrected chi connectivity index (χ2v) is 5.93. The minimum Gasteiger partial charge on any atom is -0.490 e. The highest BCUT2D eigenvalue weighted by Crippen LogP contribution is 2.25. The molecule has 0 N–H and O–H groups in total. The van der Waals surface area contributed by atoms with Crippen molar-refractivity contribution >= 4 is 9.84 Å². The fraction of sp³-hybridized carbons (Fsp3) is 0.455. The van der Waals surface area contributed by atoms with Crippen molar-refractivity contribution in [2.45, 2.75) is 30.3 Å². The first-order valence-electron chi connectivity index (χ1n) is 5.02. The second-order valence-electron chi connectivity index (χ2n) is 3.91. The van der Waals surface area contributed by atoms with Crippen LogP contribution in [0.15, 0.2) is 29.2 Å². The molecule has 0 aliphatic heterocycles. The van der Waals surface area contributed by atoms with Crippen LogP contribution in [0, 0.1) is 0 Å². The molecule has 1 fully saturated rings. The molecule has 4 heteroatoms. The van der Waals surface area contributed by atoms with Crippen molar-refractivity contribution < 1.29 is 13.2 Å². The maximum Gasteiger partial charge on any atom is 0.175 e. The summed E-state index contributed by atoms with van der Waals surface area (Å²) in [4.78, 5) is 0.337. The van der Waals surface area contributed by atoms with Crippen LogP contribution in [-0.4, -0.2) is 20.8 Å². The summed E-state index contributed by atoms with van der Waals surface area (Å²) in [5.41, 5.74) is 0. The topological polar surface area (TPSA) is 43.4 Å². The highest BCUT2D eigenvalue weighted by atomic mass is 32.2. The van der Waals surface area contributed by atoms with Crippen LogP contribution in [0.1, 0.15) is 19.3 Å². The van der Waals surface area contributed by atoms with Gasteiger partial charge < -0.3 is 4.74 Å². The summed E-state index contributed by atoms with van der Waals surface area (Å²) >= 11 is 0. The van der Waals surface area contributed by atoms with Gasteiger partial charge in [0.05, 0.1) is 11.0 Å². The van der Waals surface area contributed by atoms with E-state index in [0.717, 1.165) is 18.6 Å². The monoisotopic (exact) mass is 226 g/mol. The van der Waals surface area contributed by atoms with E-state index in [9.17, 15) is 8.42 Å². The Kier molecular flexibility index (Phi) is 2.69. The summed E-state index contributed by atoms with van der Waals surface area (Å²) in [5, 5.41) is 0. The van der Waals surface area contributed by atoms with Crippen LogP contribution < -0.4 is 4.74 Å². The molecular formula is C11H14O3S. The molecule has 0 unspecified atom stereocenters. The van der Waals surface area contributed by atoms with E-state index < -0.39 is 9.84 Å². The summed E-state index contributed by atoms with van der Waals surface area (Å²) < 4.78 is 28.0.